The van der Waals surface area contributed by atoms with Crippen LogP contribution in [0.25, 0.3) is 0 Å². The highest BCUT2D eigenvalue weighted by molar-refractivity contribution is 5.48. The van der Waals surface area contributed by atoms with Crippen molar-refractivity contribution >= 4 is 5.69 Å². The van der Waals surface area contributed by atoms with E-state index >= 15 is 0 Å². The van der Waals surface area contributed by atoms with Crippen molar-refractivity contribution in [1.82, 2.24) is 4.90 Å². The Bertz CT molecular complexity index is 457. The summed E-state index contributed by atoms with van der Waals surface area (Å²) in [6, 6.07) is 3.51. The third-order valence-corrected chi connectivity index (χ3v) is 3.89. The Kier molecular flexibility index (Phi) is 2.98. The molecule has 0 bridgehead atoms. The molecule has 1 aliphatic carbocycles. The van der Waals surface area contributed by atoms with Gasteiger partial charge in [0.05, 0.1) is 5.69 Å². The van der Waals surface area contributed by atoms with Crippen molar-refractivity contribution in [3.05, 3.63) is 29.3 Å². The van der Waals surface area contributed by atoms with E-state index in [4.69, 9.17) is 0 Å². The largest absolute Gasteiger partial charge is 0.379 e. The summed E-state index contributed by atoms with van der Waals surface area (Å²) in [6.07, 6.45) is 3.59. The van der Waals surface area contributed by atoms with Gasteiger partial charge in [-0.3, -0.25) is 4.90 Å². The first-order valence-electron chi connectivity index (χ1n) is 6.59. The number of nitrogens with zero attached hydrogens (tertiary/aromatic N) is 1. The Balaban J connectivity index is 1.67. The van der Waals surface area contributed by atoms with E-state index in [1.165, 1.54) is 25.0 Å². The summed E-state index contributed by atoms with van der Waals surface area (Å²) in [5.74, 6) is -0.713. The molecular weight excluding hydrogens is 234 g/mol. The van der Waals surface area contributed by atoms with E-state index in [1.54, 1.807) is 6.92 Å². The number of likely N-dealkylation sites (tertiary alicyclic amines) is 1. The molecule has 2 fully saturated rings. The van der Waals surface area contributed by atoms with Gasteiger partial charge in [0.15, 0.2) is 0 Å². The molecule has 3 rings (SSSR count). The number of rotatable bonds is 3. The molecule has 1 saturated carbocycles. The first-order chi connectivity index (χ1) is 8.63. The maximum atomic E-state index is 13.7. The minimum atomic E-state index is -0.362. The summed E-state index contributed by atoms with van der Waals surface area (Å²) in [7, 11) is 0. The lowest BCUT2D eigenvalue weighted by Crippen LogP contribution is -2.28. The van der Waals surface area contributed by atoms with E-state index in [0.717, 1.165) is 25.6 Å². The second-order valence-electron chi connectivity index (χ2n) is 5.44. The number of aryl methyl sites for hydroxylation is 1. The van der Waals surface area contributed by atoms with Gasteiger partial charge in [-0.2, -0.15) is 0 Å². The minimum absolute atomic E-state index is 0.238. The maximum Gasteiger partial charge on any atom is 0.146 e. The molecule has 1 saturated heterocycles. The van der Waals surface area contributed by atoms with Crippen LogP contribution in [0, 0.1) is 18.6 Å². The molecule has 2 nitrogen and oxygen atoms in total. The molecule has 1 heterocycles. The summed E-state index contributed by atoms with van der Waals surface area (Å²) >= 11 is 0. The van der Waals surface area contributed by atoms with Crippen molar-refractivity contribution < 1.29 is 8.78 Å². The summed E-state index contributed by atoms with van der Waals surface area (Å²) in [4.78, 5) is 2.44. The van der Waals surface area contributed by atoms with Crippen LogP contribution in [0.3, 0.4) is 0 Å². The van der Waals surface area contributed by atoms with Crippen molar-refractivity contribution in [3.8, 4) is 0 Å². The molecular formula is C14H18F2N2. The zero-order valence-corrected chi connectivity index (χ0v) is 10.5. The molecule has 0 amide bonds. The van der Waals surface area contributed by atoms with Gasteiger partial charge >= 0.3 is 0 Å². The van der Waals surface area contributed by atoms with Crippen LogP contribution in [0.5, 0.6) is 0 Å². The van der Waals surface area contributed by atoms with Gasteiger partial charge in [-0.05, 0) is 37.8 Å². The topological polar surface area (TPSA) is 15.3 Å². The molecule has 0 spiro atoms. The van der Waals surface area contributed by atoms with Crippen LogP contribution in [0.1, 0.15) is 24.8 Å². The van der Waals surface area contributed by atoms with Crippen LogP contribution in [0.2, 0.25) is 0 Å². The van der Waals surface area contributed by atoms with Gasteiger partial charge in [0.25, 0.3) is 0 Å². The quantitative estimate of drug-likeness (QED) is 0.889. The highest BCUT2D eigenvalue weighted by Crippen LogP contribution is 2.31. The Morgan fingerprint density at radius 1 is 1.17 bits per heavy atom. The molecule has 2 aliphatic rings. The van der Waals surface area contributed by atoms with Gasteiger partial charge in [0.1, 0.15) is 11.6 Å². The lowest BCUT2D eigenvalue weighted by atomic mass is 10.2. The number of hydrogen-bond acceptors (Lipinski definition) is 2. The van der Waals surface area contributed by atoms with Gasteiger partial charge < -0.3 is 5.32 Å². The maximum absolute atomic E-state index is 13.7. The summed E-state index contributed by atoms with van der Waals surface area (Å²) in [6.45, 7) is 3.59. The second-order valence-corrected chi connectivity index (χ2v) is 5.44. The molecule has 1 aromatic rings. The van der Waals surface area contributed by atoms with Gasteiger partial charge in [-0.25, -0.2) is 8.78 Å². The zero-order chi connectivity index (χ0) is 12.7. The third-order valence-electron chi connectivity index (χ3n) is 3.89. The zero-order valence-electron chi connectivity index (χ0n) is 10.5. The normalized spacial score (nSPS) is 24.5. The number of anilines is 1. The predicted molar refractivity (Wildman–Crippen MR) is 67.7 cm³/mol. The fourth-order valence-corrected chi connectivity index (χ4v) is 2.65. The Morgan fingerprint density at radius 3 is 2.67 bits per heavy atom. The first kappa shape index (κ1) is 11.9. The molecule has 98 valence electrons. The van der Waals surface area contributed by atoms with Crippen molar-refractivity contribution in [3.63, 3.8) is 0 Å². The fourth-order valence-electron chi connectivity index (χ4n) is 2.65. The molecule has 1 atom stereocenters. The van der Waals surface area contributed by atoms with Crippen molar-refractivity contribution in [1.29, 1.82) is 0 Å². The number of halogens is 2. The Hall–Kier alpha value is -1.16. The molecule has 1 aromatic carbocycles. The van der Waals surface area contributed by atoms with Crippen LogP contribution in [-0.2, 0) is 0 Å². The average molecular weight is 252 g/mol. The summed E-state index contributed by atoms with van der Waals surface area (Å²) < 4.78 is 27.1. The van der Waals surface area contributed by atoms with Gasteiger partial charge in [0.2, 0.25) is 0 Å². The van der Waals surface area contributed by atoms with E-state index in [2.05, 4.69) is 10.2 Å². The van der Waals surface area contributed by atoms with Crippen molar-refractivity contribution in [2.45, 2.75) is 38.3 Å². The molecule has 0 radical (unpaired) electrons. The number of hydrogen-bond donors (Lipinski definition) is 1. The van der Waals surface area contributed by atoms with E-state index in [9.17, 15) is 8.78 Å². The van der Waals surface area contributed by atoms with E-state index in [0.29, 0.717) is 11.3 Å². The van der Waals surface area contributed by atoms with Crippen molar-refractivity contribution in [2.24, 2.45) is 0 Å². The number of nitrogens with one attached hydrogen (secondary N) is 1. The number of benzene rings is 1. The van der Waals surface area contributed by atoms with E-state index in [-0.39, 0.29) is 17.7 Å². The molecule has 0 aromatic heterocycles. The predicted octanol–water partition coefficient (Wildman–Crippen LogP) is 2.92. The standard InChI is InChI=1S/C14H18F2N2/c1-9-6-13(16)14(7-12(9)15)17-10-4-5-18(8-10)11-2-3-11/h6-7,10-11,17H,2-5,8H2,1H3. The molecule has 1 aliphatic heterocycles. The van der Waals surface area contributed by atoms with Crippen LogP contribution in [0.4, 0.5) is 14.5 Å². The lowest BCUT2D eigenvalue weighted by Gasteiger charge is -2.17. The van der Waals surface area contributed by atoms with Crippen LogP contribution < -0.4 is 5.32 Å². The minimum Gasteiger partial charge on any atom is -0.379 e. The smallest absolute Gasteiger partial charge is 0.146 e. The SMILES string of the molecule is Cc1cc(F)c(NC2CCN(C3CC3)C2)cc1F. The fraction of sp³-hybridized carbons (Fsp3) is 0.571. The molecule has 4 heteroatoms. The van der Waals surface area contributed by atoms with Gasteiger partial charge in [0, 0.05) is 31.2 Å². The summed E-state index contributed by atoms with van der Waals surface area (Å²) in [5, 5.41) is 3.13. The summed E-state index contributed by atoms with van der Waals surface area (Å²) in [5.41, 5.74) is 0.643. The third kappa shape index (κ3) is 2.34. The average Bonchev–Trinajstić information content (AvgIpc) is 3.07. The van der Waals surface area contributed by atoms with E-state index < -0.39 is 0 Å². The monoisotopic (exact) mass is 252 g/mol. The first-order valence-corrected chi connectivity index (χ1v) is 6.59. The lowest BCUT2D eigenvalue weighted by molar-refractivity contribution is 0.326. The van der Waals surface area contributed by atoms with Gasteiger partial charge in [-0.15, -0.1) is 0 Å². The van der Waals surface area contributed by atoms with Crippen LogP contribution in [0.15, 0.2) is 12.1 Å². The molecule has 18 heavy (non-hydrogen) atoms. The second kappa shape index (κ2) is 4.50. The highest BCUT2D eigenvalue weighted by atomic mass is 19.1. The van der Waals surface area contributed by atoms with Crippen LogP contribution >= 0.6 is 0 Å². The van der Waals surface area contributed by atoms with E-state index in [1.807, 2.05) is 0 Å². The highest BCUT2D eigenvalue weighted by Gasteiger charge is 2.34. The molecule has 1 N–H and O–H groups in total. The Morgan fingerprint density at radius 2 is 1.94 bits per heavy atom. The Labute approximate surface area is 106 Å². The van der Waals surface area contributed by atoms with Crippen LogP contribution in [-0.4, -0.2) is 30.1 Å². The van der Waals surface area contributed by atoms with Gasteiger partial charge in [-0.1, -0.05) is 0 Å². The molecule has 1 unspecified atom stereocenters. The van der Waals surface area contributed by atoms with Crippen molar-refractivity contribution in [2.75, 3.05) is 18.4 Å².